The molecule has 2 unspecified atom stereocenters. The van der Waals surface area contributed by atoms with E-state index in [1.54, 1.807) is 13.8 Å². The van der Waals surface area contributed by atoms with Gasteiger partial charge in [-0.05, 0) is 99.7 Å². The molecular weight excluding hydrogens is 400 g/mol. The molecule has 0 aromatic rings. The Morgan fingerprint density at radius 3 is 1.50 bits per heavy atom. The number of rotatable bonds is 12. The number of hydrogen-bond acceptors (Lipinski definition) is 4. The first-order valence-electron chi connectivity index (χ1n) is 12.8. The number of hydrogen-bond donors (Lipinski definition) is 0. The molecule has 32 heavy (non-hydrogen) atoms. The third-order valence-electron chi connectivity index (χ3n) is 8.97. The summed E-state index contributed by atoms with van der Waals surface area (Å²) in [6.07, 6.45) is 12.3. The van der Waals surface area contributed by atoms with Crippen LogP contribution in [0.1, 0.15) is 91.9 Å². The Kier molecular flexibility index (Phi) is 7.93. The average Bonchev–Trinajstić information content (AvgIpc) is 2.72. The summed E-state index contributed by atoms with van der Waals surface area (Å²) in [5.41, 5.74) is 1.72. The minimum absolute atomic E-state index is 0.266. The molecular formula is C28H44O4. The smallest absolute Gasteiger partial charge is 0.333 e. The third kappa shape index (κ3) is 5.15. The molecule has 4 aliphatic carbocycles. The summed E-state index contributed by atoms with van der Waals surface area (Å²) < 4.78 is 11.0. The van der Waals surface area contributed by atoms with Crippen LogP contribution in [-0.2, 0) is 19.1 Å². The summed E-state index contributed by atoms with van der Waals surface area (Å²) in [4.78, 5) is 23.7. The van der Waals surface area contributed by atoms with Crippen LogP contribution in [0.15, 0.2) is 24.3 Å². The number of ether oxygens (including phenoxy) is 2. The van der Waals surface area contributed by atoms with E-state index in [9.17, 15) is 9.59 Å². The lowest BCUT2D eigenvalue weighted by Gasteiger charge is -2.66. The summed E-state index contributed by atoms with van der Waals surface area (Å²) in [6, 6.07) is 0. The second-order valence-electron chi connectivity index (χ2n) is 11.3. The van der Waals surface area contributed by atoms with Crippen molar-refractivity contribution in [3.05, 3.63) is 24.3 Å². The van der Waals surface area contributed by atoms with E-state index in [0.717, 1.165) is 37.5 Å². The second kappa shape index (κ2) is 10.1. The van der Waals surface area contributed by atoms with Crippen LogP contribution in [0.3, 0.4) is 0 Å². The lowest BCUT2D eigenvalue weighted by Crippen LogP contribution is -2.57. The Bertz CT molecular complexity index is 664. The summed E-state index contributed by atoms with van der Waals surface area (Å²) >= 11 is 0. The minimum atomic E-state index is -0.266. The SMILES string of the molecule is C=C(C)C(=O)OCCC(CC)C12CC3CC(C1)CC(C(CC)CCOC(=O)C(=C)C)(C3)C2. The van der Waals surface area contributed by atoms with Gasteiger partial charge in [0.05, 0.1) is 13.2 Å². The number of esters is 2. The zero-order chi connectivity index (χ0) is 23.5. The highest BCUT2D eigenvalue weighted by atomic mass is 16.5. The van der Waals surface area contributed by atoms with Gasteiger partial charge in [0.2, 0.25) is 0 Å². The lowest BCUT2D eigenvalue weighted by molar-refractivity contribution is -0.167. The highest BCUT2D eigenvalue weighted by Gasteiger charge is 2.60. The molecule has 4 fully saturated rings. The lowest BCUT2D eigenvalue weighted by atomic mass is 9.39. The van der Waals surface area contributed by atoms with Gasteiger partial charge in [0, 0.05) is 11.1 Å². The van der Waals surface area contributed by atoms with Gasteiger partial charge >= 0.3 is 11.9 Å². The molecule has 0 radical (unpaired) electrons. The van der Waals surface area contributed by atoms with Crippen LogP contribution in [-0.4, -0.2) is 25.2 Å². The molecule has 4 aliphatic rings. The standard InChI is InChI=1S/C28H44O4/c1-7-23(9-11-31-25(29)19(3)4)27-14-21-13-22(15-27)17-28(16-21,18-27)24(8-2)10-12-32-26(30)20(5)6/h21-24H,3,5,7-18H2,1-2,4,6H3. The fourth-order valence-corrected chi connectivity index (χ4v) is 8.08. The van der Waals surface area contributed by atoms with Crippen molar-refractivity contribution >= 4 is 11.9 Å². The zero-order valence-electron chi connectivity index (χ0n) is 20.8. The van der Waals surface area contributed by atoms with Crippen LogP contribution in [0.4, 0.5) is 0 Å². The van der Waals surface area contributed by atoms with Crippen molar-refractivity contribution in [1.29, 1.82) is 0 Å². The normalized spacial score (nSPS) is 32.2. The Morgan fingerprint density at radius 1 is 0.812 bits per heavy atom. The predicted octanol–water partition coefficient (Wildman–Crippen LogP) is 6.64. The first-order valence-corrected chi connectivity index (χ1v) is 12.8. The van der Waals surface area contributed by atoms with Crippen LogP contribution in [0.5, 0.6) is 0 Å². The van der Waals surface area contributed by atoms with E-state index in [-0.39, 0.29) is 11.9 Å². The maximum absolute atomic E-state index is 11.9. The highest BCUT2D eigenvalue weighted by Crippen LogP contribution is 2.70. The zero-order valence-corrected chi connectivity index (χ0v) is 20.8. The van der Waals surface area contributed by atoms with E-state index in [2.05, 4.69) is 27.0 Å². The monoisotopic (exact) mass is 444 g/mol. The molecule has 0 heterocycles. The van der Waals surface area contributed by atoms with Crippen LogP contribution in [0.25, 0.3) is 0 Å². The molecule has 0 spiro atoms. The topological polar surface area (TPSA) is 52.6 Å². The maximum atomic E-state index is 11.9. The van der Waals surface area contributed by atoms with Crippen LogP contribution in [0.2, 0.25) is 0 Å². The van der Waals surface area contributed by atoms with Crippen molar-refractivity contribution < 1.29 is 19.1 Å². The van der Waals surface area contributed by atoms with E-state index in [1.165, 1.54) is 38.5 Å². The van der Waals surface area contributed by atoms with E-state index < -0.39 is 0 Å². The second-order valence-corrected chi connectivity index (χ2v) is 11.3. The Morgan fingerprint density at radius 2 is 1.19 bits per heavy atom. The van der Waals surface area contributed by atoms with Gasteiger partial charge in [0.1, 0.15) is 0 Å². The van der Waals surface area contributed by atoms with E-state index in [0.29, 0.717) is 47.0 Å². The first kappa shape index (κ1) is 25.1. The Balaban J connectivity index is 1.70. The van der Waals surface area contributed by atoms with Crippen LogP contribution in [0, 0.1) is 34.5 Å². The molecule has 4 rings (SSSR count). The largest absolute Gasteiger partial charge is 0.462 e. The number of carbonyl (C=O) groups excluding carboxylic acids is 2. The van der Waals surface area contributed by atoms with Crippen molar-refractivity contribution in [1.82, 2.24) is 0 Å². The van der Waals surface area contributed by atoms with Crippen molar-refractivity contribution in [3.8, 4) is 0 Å². The number of carbonyl (C=O) groups is 2. The fraction of sp³-hybridized carbons (Fsp3) is 0.786. The van der Waals surface area contributed by atoms with E-state index in [1.807, 2.05) is 0 Å². The van der Waals surface area contributed by atoms with Crippen molar-refractivity contribution in [2.24, 2.45) is 34.5 Å². The van der Waals surface area contributed by atoms with Gasteiger partial charge in [-0.1, -0.05) is 39.8 Å². The minimum Gasteiger partial charge on any atom is -0.462 e. The van der Waals surface area contributed by atoms with Gasteiger partial charge < -0.3 is 9.47 Å². The summed E-state index contributed by atoms with van der Waals surface area (Å²) in [5, 5.41) is 0. The van der Waals surface area contributed by atoms with Crippen molar-refractivity contribution in [3.63, 3.8) is 0 Å². The van der Waals surface area contributed by atoms with Crippen LogP contribution < -0.4 is 0 Å². The predicted molar refractivity (Wildman–Crippen MR) is 128 cm³/mol. The summed E-state index contributed by atoms with van der Waals surface area (Å²) in [6.45, 7) is 16.4. The molecule has 4 saturated carbocycles. The van der Waals surface area contributed by atoms with Gasteiger partial charge in [-0.2, -0.15) is 0 Å². The average molecular weight is 445 g/mol. The van der Waals surface area contributed by atoms with Gasteiger partial charge in [-0.15, -0.1) is 0 Å². The molecule has 0 aromatic carbocycles. The van der Waals surface area contributed by atoms with Gasteiger partial charge in [-0.3, -0.25) is 0 Å². The summed E-state index contributed by atoms with van der Waals surface area (Å²) in [7, 11) is 0. The molecule has 180 valence electrons. The Hall–Kier alpha value is -1.58. The quantitative estimate of drug-likeness (QED) is 0.250. The third-order valence-corrected chi connectivity index (χ3v) is 8.97. The van der Waals surface area contributed by atoms with Gasteiger partial charge in [-0.25, -0.2) is 9.59 Å². The van der Waals surface area contributed by atoms with E-state index in [4.69, 9.17) is 9.47 Å². The fourth-order valence-electron chi connectivity index (χ4n) is 8.08. The molecule has 4 nitrogen and oxygen atoms in total. The van der Waals surface area contributed by atoms with Crippen molar-refractivity contribution in [2.45, 2.75) is 91.9 Å². The molecule has 0 amide bonds. The van der Waals surface area contributed by atoms with Gasteiger partial charge in [0.15, 0.2) is 0 Å². The maximum Gasteiger partial charge on any atom is 0.333 e. The molecule has 0 saturated heterocycles. The van der Waals surface area contributed by atoms with Crippen molar-refractivity contribution in [2.75, 3.05) is 13.2 Å². The van der Waals surface area contributed by atoms with E-state index >= 15 is 0 Å². The van der Waals surface area contributed by atoms with Crippen LogP contribution >= 0.6 is 0 Å². The summed E-state index contributed by atoms with van der Waals surface area (Å²) in [5.74, 6) is 2.33. The highest BCUT2D eigenvalue weighted by molar-refractivity contribution is 5.87. The Labute approximate surface area is 195 Å². The molecule has 0 N–H and O–H groups in total. The molecule has 4 heteroatoms. The molecule has 4 bridgehead atoms. The van der Waals surface area contributed by atoms with Gasteiger partial charge in [0.25, 0.3) is 0 Å². The first-order chi connectivity index (χ1) is 15.1. The molecule has 0 aliphatic heterocycles. The molecule has 2 atom stereocenters. The molecule has 0 aromatic heterocycles.